The number of hydrogen-bond donors (Lipinski definition) is 1. The predicted octanol–water partition coefficient (Wildman–Crippen LogP) is 3.24. The summed E-state index contributed by atoms with van der Waals surface area (Å²) in [5, 5.41) is 9.49. The van der Waals surface area contributed by atoms with Gasteiger partial charge in [-0.3, -0.25) is 4.79 Å². The Morgan fingerprint density at radius 2 is 2.00 bits per heavy atom. The van der Waals surface area contributed by atoms with E-state index in [4.69, 9.17) is 9.47 Å². The van der Waals surface area contributed by atoms with Crippen molar-refractivity contribution in [3.05, 3.63) is 23.3 Å². The number of ether oxygens (including phenoxy) is 2. The van der Waals surface area contributed by atoms with E-state index in [1.54, 1.807) is 12.1 Å². The first-order valence-electron chi connectivity index (χ1n) is 6.60. The van der Waals surface area contributed by atoms with Crippen LogP contribution in [-0.2, 0) is 10.2 Å². The van der Waals surface area contributed by atoms with Crippen molar-refractivity contribution in [1.82, 2.24) is 0 Å². The molecule has 1 aliphatic carbocycles. The van der Waals surface area contributed by atoms with Gasteiger partial charge in [-0.15, -0.1) is 0 Å². The highest BCUT2D eigenvalue weighted by molar-refractivity contribution is 5.83. The molecule has 0 amide bonds. The maximum atomic E-state index is 13.8. The number of benzene rings is 1. The number of methoxy groups -OCH3 is 2. The van der Waals surface area contributed by atoms with Crippen molar-refractivity contribution >= 4 is 5.97 Å². The molecule has 1 saturated carbocycles. The number of aliphatic carboxylic acids is 1. The number of carbonyl (C=O) groups is 1. The maximum absolute atomic E-state index is 13.8. The van der Waals surface area contributed by atoms with Crippen molar-refractivity contribution in [2.45, 2.75) is 37.8 Å². The summed E-state index contributed by atoms with van der Waals surface area (Å²) in [6, 6.07) is 3.25. The summed E-state index contributed by atoms with van der Waals surface area (Å²) in [5.41, 5.74) is 0.00574. The van der Waals surface area contributed by atoms with E-state index in [9.17, 15) is 14.3 Å². The van der Waals surface area contributed by atoms with E-state index in [2.05, 4.69) is 0 Å². The zero-order valence-corrected chi connectivity index (χ0v) is 11.9. The Hall–Kier alpha value is -1.78. The van der Waals surface area contributed by atoms with Crippen LogP contribution in [0.2, 0.25) is 0 Å². The van der Waals surface area contributed by atoms with Crippen molar-refractivity contribution < 1.29 is 23.8 Å². The Morgan fingerprint density at radius 1 is 1.35 bits per heavy atom. The number of halogens is 1. The third kappa shape index (κ3) is 2.11. The van der Waals surface area contributed by atoms with Gasteiger partial charge in [0, 0.05) is 5.56 Å². The molecule has 110 valence electrons. The molecule has 1 aromatic carbocycles. The number of rotatable bonds is 5. The smallest absolute Gasteiger partial charge is 0.314 e. The lowest BCUT2D eigenvalue weighted by molar-refractivity contribution is -0.147. The lowest BCUT2D eigenvalue weighted by Gasteiger charge is -2.38. The highest BCUT2D eigenvalue weighted by atomic mass is 19.1. The Morgan fingerprint density at radius 3 is 2.35 bits per heavy atom. The zero-order valence-electron chi connectivity index (χ0n) is 11.9. The summed E-state index contributed by atoms with van der Waals surface area (Å²) >= 11 is 0. The molecule has 1 fully saturated rings. The Labute approximate surface area is 117 Å². The normalized spacial score (nSPS) is 18.0. The minimum absolute atomic E-state index is 0.325. The first-order valence-corrected chi connectivity index (χ1v) is 6.60. The van der Waals surface area contributed by atoms with Crippen molar-refractivity contribution in [2.24, 2.45) is 0 Å². The van der Waals surface area contributed by atoms with Crippen LogP contribution >= 0.6 is 0 Å². The van der Waals surface area contributed by atoms with Gasteiger partial charge in [-0.2, -0.15) is 0 Å². The molecule has 0 heterocycles. The van der Waals surface area contributed by atoms with E-state index in [-0.39, 0.29) is 0 Å². The molecule has 1 aromatic rings. The number of carboxylic acids is 1. The Kier molecular flexibility index (Phi) is 3.88. The quantitative estimate of drug-likeness (QED) is 0.900. The van der Waals surface area contributed by atoms with Gasteiger partial charge in [0.25, 0.3) is 0 Å². The van der Waals surface area contributed by atoms with Gasteiger partial charge in [0.15, 0.2) is 11.5 Å². The molecular weight excluding hydrogens is 263 g/mol. The second kappa shape index (κ2) is 5.31. The first kappa shape index (κ1) is 14.6. The van der Waals surface area contributed by atoms with E-state index in [1.807, 2.05) is 0 Å². The van der Waals surface area contributed by atoms with Crippen LogP contribution in [0.25, 0.3) is 0 Å². The number of hydrogen-bond acceptors (Lipinski definition) is 3. The van der Waals surface area contributed by atoms with E-state index in [1.165, 1.54) is 21.1 Å². The minimum Gasteiger partial charge on any atom is -0.493 e. The summed E-state index contributed by atoms with van der Waals surface area (Å²) in [6.07, 6.45) is 0.738. The molecule has 1 atom stereocenters. The van der Waals surface area contributed by atoms with Crippen molar-refractivity contribution in [2.75, 3.05) is 14.2 Å². The van der Waals surface area contributed by atoms with Crippen LogP contribution in [0.1, 0.15) is 43.5 Å². The predicted molar refractivity (Wildman–Crippen MR) is 72.2 cm³/mol. The van der Waals surface area contributed by atoms with Crippen LogP contribution in [0.3, 0.4) is 0 Å². The van der Waals surface area contributed by atoms with Crippen molar-refractivity contribution in [3.63, 3.8) is 0 Å². The number of carboxylic acid groups (broad SMARTS) is 1. The molecule has 0 aromatic heterocycles. The highest BCUT2D eigenvalue weighted by Gasteiger charge is 2.46. The average molecular weight is 282 g/mol. The lowest BCUT2D eigenvalue weighted by Crippen LogP contribution is -2.42. The molecular formula is C15H19FO4. The molecule has 0 saturated heterocycles. The lowest BCUT2D eigenvalue weighted by atomic mass is 9.64. The Bertz CT molecular complexity index is 521. The van der Waals surface area contributed by atoms with Gasteiger partial charge in [0.05, 0.1) is 19.6 Å². The van der Waals surface area contributed by atoms with Crippen molar-refractivity contribution in [3.8, 4) is 11.5 Å². The highest BCUT2D eigenvalue weighted by Crippen LogP contribution is 2.48. The van der Waals surface area contributed by atoms with Crippen LogP contribution < -0.4 is 9.47 Å². The first-order chi connectivity index (χ1) is 9.46. The molecule has 1 unspecified atom stereocenters. The summed E-state index contributed by atoms with van der Waals surface area (Å²) in [5.74, 6) is -0.170. The van der Waals surface area contributed by atoms with Crippen molar-refractivity contribution in [1.29, 1.82) is 0 Å². The summed E-state index contributed by atoms with van der Waals surface area (Å²) < 4.78 is 24.2. The largest absolute Gasteiger partial charge is 0.493 e. The maximum Gasteiger partial charge on any atom is 0.314 e. The molecule has 0 bridgehead atoms. The van der Waals surface area contributed by atoms with Crippen LogP contribution in [0, 0.1) is 0 Å². The summed E-state index contributed by atoms with van der Waals surface area (Å²) in [7, 11) is 2.91. The molecule has 4 nitrogen and oxygen atoms in total. The van der Waals surface area contributed by atoms with Gasteiger partial charge in [0.1, 0.15) is 6.17 Å². The van der Waals surface area contributed by atoms with Crippen LogP contribution in [0.5, 0.6) is 11.5 Å². The van der Waals surface area contributed by atoms with Crippen LogP contribution in [0.15, 0.2) is 12.1 Å². The fourth-order valence-corrected chi connectivity index (χ4v) is 2.72. The van der Waals surface area contributed by atoms with E-state index in [0.29, 0.717) is 35.5 Å². The fourth-order valence-electron chi connectivity index (χ4n) is 2.72. The van der Waals surface area contributed by atoms with Gasteiger partial charge >= 0.3 is 5.97 Å². The molecule has 0 spiro atoms. The average Bonchev–Trinajstić information content (AvgIpc) is 2.35. The zero-order chi connectivity index (χ0) is 14.9. The third-order valence-electron chi connectivity index (χ3n) is 4.11. The van der Waals surface area contributed by atoms with E-state index < -0.39 is 17.6 Å². The van der Waals surface area contributed by atoms with Gasteiger partial charge in [-0.05, 0) is 37.5 Å². The Balaban J connectivity index is 2.60. The SMILES string of the molecule is COc1cc(C2(C(=O)O)CCC2)cc(C(C)F)c1OC. The molecule has 0 radical (unpaired) electrons. The minimum atomic E-state index is -1.26. The van der Waals surface area contributed by atoms with E-state index in [0.717, 1.165) is 6.42 Å². The van der Waals surface area contributed by atoms with Gasteiger partial charge in [-0.25, -0.2) is 4.39 Å². The summed E-state index contributed by atoms with van der Waals surface area (Å²) in [4.78, 5) is 11.6. The van der Waals surface area contributed by atoms with Gasteiger partial charge in [-0.1, -0.05) is 6.42 Å². The molecule has 2 rings (SSSR count). The fraction of sp³-hybridized carbons (Fsp3) is 0.533. The standard InChI is InChI=1S/C15H19FO4/c1-9(16)11-7-10(8-12(19-2)13(11)20-3)15(14(17)18)5-4-6-15/h7-9H,4-6H2,1-3H3,(H,17,18). The van der Waals surface area contributed by atoms with Gasteiger partial charge in [0.2, 0.25) is 0 Å². The number of alkyl halides is 1. The molecule has 1 N–H and O–H groups in total. The molecule has 1 aliphatic rings. The monoisotopic (exact) mass is 282 g/mol. The van der Waals surface area contributed by atoms with Crippen LogP contribution in [-0.4, -0.2) is 25.3 Å². The molecule has 0 aliphatic heterocycles. The molecule has 5 heteroatoms. The third-order valence-corrected chi connectivity index (χ3v) is 4.11. The van der Waals surface area contributed by atoms with Crippen LogP contribution in [0.4, 0.5) is 4.39 Å². The second-order valence-corrected chi connectivity index (χ2v) is 5.16. The van der Waals surface area contributed by atoms with E-state index >= 15 is 0 Å². The topological polar surface area (TPSA) is 55.8 Å². The second-order valence-electron chi connectivity index (χ2n) is 5.16. The van der Waals surface area contributed by atoms with Gasteiger partial charge < -0.3 is 14.6 Å². The molecule has 20 heavy (non-hydrogen) atoms. The summed E-state index contributed by atoms with van der Waals surface area (Å²) in [6.45, 7) is 1.40.